The van der Waals surface area contributed by atoms with E-state index in [9.17, 15) is 9.59 Å². The largest absolute Gasteiger partial charge is 0.368 e. The fourth-order valence-corrected chi connectivity index (χ4v) is 4.25. The number of hydrogen-bond acceptors (Lipinski definition) is 6. The first-order valence-electron chi connectivity index (χ1n) is 10.1. The minimum absolute atomic E-state index is 0.0984. The van der Waals surface area contributed by atoms with Gasteiger partial charge in [0.15, 0.2) is 0 Å². The molecule has 2 amide bonds. The van der Waals surface area contributed by atoms with Crippen LogP contribution >= 0.6 is 22.9 Å². The second-order valence-corrected chi connectivity index (χ2v) is 8.66. The molecule has 1 fully saturated rings. The summed E-state index contributed by atoms with van der Waals surface area (Å²) in [6, 6.07) is 17.0. The van der Waals surface area contributed by atoms with Crippen LogP contribution in [0.15, 0.2) is 54.6 Å². The first-order chi connectivity index (χ1) is 15.1. The van der Waals surface area contributed by atoms with Gasteiger partial charge in [0.2, 0.25) is 10.9 Å². The number of aromatic nitrogens is 2. The summed E-state index contributed by atoms with van der Waals surface area (Å²) < 4.78 is 0. The lowest BCUT2D eigenvalue weighted by Crippen LogP contribution is -2.48. The van der Waals surface area contributed by atoms with E-state index in [1.165, 1.54) is 11.3 Å². The highest BCUT2D eigenvalue weighted by Gasteiger charge is 2.22. The zero-order valence-electron chi connectivity index (χ0n) is 16.8. The second kappa shape index (κ2) is 9.89. The highest BCUT2D eigenvalue weighted by Crippen LogP contribution is 2.20. The Morgan fingerprint density at radius 1 is 0.968 bits per heavy atom. The molecule has 2 heterocycles. The Kier molecular flexibility index (Phi) is 6.79. The summed E-state index contributed by atoms with van der Waals surface area (Å²) in [5, 5.41) is 12.5. The molecule has 0 atom stereocenters. The number of aryl methyl sites for hydroxylation is 1. The van der Waals surface area contributed by atoms with Crippen LogP contribution in [0.5, 0.6) is 0 Å². The fourth-order valence-electron chi connectivity index (χ4n) is 3.39. The Balaban J connectivity index is 1.24. The molecule has 9 heteroatoms. The summed E-state index contributed by atoms with van der Waals surface area (Å²) in [5.74, 6) is -0.194. The molecule has 7 nitrogen and oxygen atoms in total. The number of piperazine rings is 1. The van der Waals surface area contributed by atoms with Crippen molar-refractivity contribution in [2.75, 3.05) is 36.4 Å². The van der Waals surface area contributed by atoms with Gasteiger partial charge in [0.25, 0.3) is 5.91 Å². The molecule has 0 saturated carbocycles. The van der Waals surface area contributed by atoms with Crippen LogP contribution in [0.2, 0.25) is 5.02 Å². The molecule has 1 saturated heterocycles. The Morgan fingerprint density at radius 3 is 2.39 bits per heavy atom. The number of anilines is 2. The molecule has 0 radical (unpaired) electrons. The molecule has 31 heavy (non-hydrogen) atoms. The van der Waals surface area contributed by atoms with E-state index in [2.05, 4.69) is 20.4 Å². The molecule has 0 unspecified atom stereocenters. The maximum absolute atomic E-state index is 12.6. The van der Waals surface area contributed by atoms with Crippen LogP contribution in [0, 0.1) is 0 Å². The van der Waals surface area contributed by atoms with Crippen molar-refractivity contribution in [2.24, 2.45) is 0 Å². The maximum Gasteiger partial charge on any atom is 0.286 e. The molecule has 1 aliphatic heterocycles. The fraction of sp³-hybridized carbons (Fsp3) is 0.273. The first kappa shape index (κ1) is 21.3. The van der Waals surface area contributed by atoms with Crippen LogP contribution in [-0.2, 0) is 11.2 Å². The summed E-state index contributed by atoms with van der Waals surface area (Å²) in [6.07, 6.45) is 0.836. The molecule has 1 aromatic heterocycles. The molecule has 0 aliphatic carbocycles. The number of halogens is 1. The minimum Gasteiger partial charge on any atom is -0.368 e. The van der Waals surface area contributed by atoms with Crippen molar-refractivity contribution < 1.29 is 9.59 Å². The summed E-state index contributed by atoms with van der Waals surface area (Å²) in [5.41, 5.74) is 1.82. The summed E-state index contributed by atoms with van der Waals surface area (Å²) in [7, 11) is 0. The highest BCUT2D eigenvalue weighted by atomic mass is 35.5. The van der Waals surface area contributed by atoms with Crippen molar-refractivity contribution in [1.82, 2.24) is 15.1 Å². The van der Waals surface area contributed by atoms with E-state index >= 15 is 0 Å². The van der Waals surface area contributed by atoms with Gasteiger partial charge in [-0.3, -0.25) is 9.59 Å². The van der Waals surface area contributed by atoms with Gasteiger partial charge >= 0.3 is 0 Å². The van der Waals surface area contributed by atoms with Crippen LogP contribution in [-0.4, -0.2) is 53.1 Å². The SMILES string of the molecule is O=C(Nc1ccccc1)c1nnc(CCC(=O)N2CCN(c3ccc(Cl)cc3)CC2)s1. The van der Waals surface area contributed by atoms with Gasteiger partial charge in [0.1, 0.15) is 5.01 Å². The highest BCUT2D eigenvalue weighted by molar-refractivity contribution is 7.13. The molecule has 0 bridgehead atoms. The zero-order valence-corrected chi connectivity index (χ0v) is 18.4. The van der Waals surface area contributed by atoms with Gasteiger partial charge in [-0.1, -0.05) is 41.1 Å². The monoisotopic (exact) mass is 455 g/mol. The number of rotatable bonds is 6. The third-order valence-corrected chi connectivity index (χ3v) is 6.30. The van der Waals surface area contributed by atoms with E-state index in [1.54, 1.807) is 0 Å². The maximum atomic E-state index is 12.6. The number of carbonyl (C=O) groups is 2. The molecule has 1 N–H and O–H groups in total. The molecule has 4 rings (SSSR count). The van der Waals surface area contributed by atoms with Crippen LogP contribution in [0.25, 0.3) is 0 Å². The Bertz CT molecular complexity index is 1030. The Hall–Kier alpha value is -2.97. The molecule has 3 aromatic rings. The van der Waals surface area contributed by atoms with E-state index in [0.717, 1.165) is 23.8 Å². The van der Waals surface area contributed by atoms with Gasteiger partial charge < -0.3 is 15.1 Å². The van der Waals surface area contributed by atoms with Crippen LogP contribution < -0.4 is 10.2 Å². The quantitative estimate of drug-likeness (QED) is 0.612. The standard InChI is InChI=1S/C22H22ClN5O2S/c23-16-6-8-18(9-7-16)27-12-14-28(15-13-27)20(29)11-10-19-25-26-22(31-19)21(30)24-17-4-2-1-3-5-17/h1-9H,10-15H2,(H,24,30). The van der Waals surface area contributed by atoms with E-state index < -0.39 is 0 Å². The number of nitrogens with one attached hydrogen (secondary N) is 1. The predicted octanol–water partition coefficient (Wildman–Crippen LogP) is 3.73. The third-order valence-electron chi connectivity index (χ3n) is 5.07. The Morgan fingerprint density at radius 2 is 1.68 bits per heavy atom. The lowest BCUT2D eigenvalue weighted by atomic mass is 10.2. The number of carbonyl (C=O) groups excluding carboxylic acids is 2. The molecule has 2 aromatic carbocycles. The summed E-state index contributed by atoms with van der Waals surface area (Å²) >= 11 is 7.18. The van der Waals surface area contributed by atoms with Crippen molar-refractivity contribution in [3.05, 3.63) is 69.6 Å². The van der Waals surface area contributed by atoms with E-state index in [-0.39, 0.29) is 11.8 Å². The summed E-state index contributed by atoms with van der Waals surface area (Å²) in [4.78, 5) is 29.0. The van der Waals surface area contributed by atoms with Gasteiger partial charge in [-0.25, -0.2) is 0 Å². The van der Waals surface area contributed by atoms with Crippen molar-refractivity contribution in [3.8, 4) is 0 Å². The lowest BCUT2D eigenvalue weighted by molar-refractivity contribution is -0.131. The number of hydrogen-bond donors (Lipinski definition) is 1. The van der Waals surface area contributed by atoms with Gasteiger partial charge in [0.05, 0.1) is 0 Å². The molecule has 160 valence electrons. The van der Waals surface area contributed by atoms with E-state index in [1.807, 2.05) is 59.5 Å². The normalized spacial score (nSPS) is 13.8. The summed E-state index contributed by atoms with van der Waals surface area (Å²) in [6.45, 7) is 2.94. The molecular weight excluding hydrogens is 434 g/mol. The van der Waals surface area contributed by atoms with Crippen molar-refractivity contribution >= 4 is 46.1 Å². The van der Waals surface area contributed by atoms with Crippen molar-refractivity contribution in [3.63, 3.8) is 0 Å². The molecule has 0 spiro atoms. The number of nitrogens with zero attached hydrogens (tertiary/aromatic N) is 4. The van der Waals surface area contributed by atoms with Gasteiger partial charge in [0, 0.05) is 55.4 Å². The van der Waals surface area contributed by atoms with E-state index in [4.69, 9.17) is 11.6 Å². The van der Waals surface area contributed by atoms with Crippen LogP contribution in [0.1, 0.15) is 21.2 Å². The van der Waals surface area contributed by atoms with Crippen molar-refractivity contribution in [1.29, 1.82) is 0 Å². The molecular formula is C22H22ClN5O2S. The number of para-hydroxylation sites is 1. The van der Waals surface area contributed by atoms with Crippen LogP contribution in [0.4, 0.5) is 11.4 Å². The average Bonchev–Trinajstić information content (AvgIpc) is 3.28. The third kappa shape index (κ3) is 5.59. The minimum atomic E-state index is -0.292. The van der Waals surface area contributed by atoms with Crippen molar-refractivity contribution in [2.45, 2.75) is 12.8 Å². The Labute approximate surface area is 189 Å². The molecule has 1 aliphatic rings. The first-order valence-corrected chi connectivity index (χ1v) is 11.2. The van der Waals surface area contributed by atoms with Gasteiger partial charge in [-0.05, 0) is 36.4 Å². The predicted molar refractivity (Wildman–Crippen MR) is 123 cm³/mol. The number of benzene rings is 2. The van der Waals surface area contributed by atoms with Gasteiger partial charge in [-0.15, -0.1) is 10.2 Å². The van der Waals surface area contributed by atoms with Gasteiger partial charge in [-0.2, -0.15) is 0 Å². The smallest absolute Gasteiger partial charge is 0.286 e. The number of amides is 2. The lowest BCUT2D eigenvalue weighted by Gasteiger charge is -2.36. The second-order valence-electron chi connectivity index (χ2n) is 7.17. The zero-order chi connectivity index (χ0) is 21.6. The average molecular weight is 456 g/mol. The van der Waals surface area contributed by atoms with E-state index in [0.29, 0.717) is 41.6 Å². The topological polar surface area (TPSA) is 78.4 Å². The van der Waals surface area contributed by atoms with Crippen LogP contribution in [0.3, 0.4) is 0 Å².